The maximum absolute atomic E-state index is 6.21. The molecule has 0 radical (unpaired) electrons. The van der Waals surface area contributed by atoms with Crippen molar-refractivity contribution in [1.82, 2.24) is 40.0 Å². The minimum absolute atomic E-state index is 0.215. The van der Waals surface area contributed by atoms with Gasteiger partial charge >= 0.3 is 0 Å². The van der Waals surface area contributed by atoms with E-state index in [-0.39, 0.29) is 6.10 Å². The van der Waals surface area contributed by atoms with Crippen molar-refractivity contribution in [2.45, 2.75) is 25.9 Å². The number of imidazole rings is 1. The number of piperidine rings is 1. The molecule has 6 aromatic rings. The van der Waals surface area contributed by atoms with Gasteiger partial charge in [0.15, 0.2) is 0 Å². The van der Waals surface area contributed by atoms with Gasteiger partial charge in [0.25, 0.3) is 0 Å². The predicted octanol–water partition coefficient (Wildman–Crippen LogP) is 4.79. The standard InChI is InChI=1S/C28H26N8O/c1-17-15-36(16-32-17)27-4-2-3-23-21(27)10-25(33-23)28-22-11-24(31-14-26(22)34-35-28)18-9-20(13-30-12-18)37-19-5-7-29-8-6-19/h2-4,9-16,19,29,33H,5-8H2,1H3,(H,34,35). The Morgan fingerprint density at radius 2 is 1.89 bits per heavy atom. The summed E-state index contributed by atoms with van der Waals surface area (Å²) in [4.78, 5) is 17.0. The molecule has 6 heterocycles. The second kappa shape index (κ2) is 8.86. The number of aromatic amines is 2. The lowest BCUT2D eigenvalue weighted by atomic mass is 10.1. The zero-order valence-corrected chi connectivity index (χ0v) is 20.4. The molecule has 1 saturated heterocycles. The molecule has 1 aliphatic heterocycles. The van der Waals surface area contributed by atoms with Gasteiger partial charge in [0, 0.05) is 34.2 Å². The first-order chi connectivity index (χ1) is 18.2. The Kier molecular flexibility index (Phi) is 5.21. The van der Waals surface area contributed by atoms with E-state index in [2.05, 4.69) is 59.7 Å². The van der Waals surface area contributed by atoms with Crippen molar-refractivity contribution in [3.8, 4) is 34.1 Å². The van der Waals surface area contributed by atoms with Crippen molar-refractivity contribution in [3.63, 3.8) is 0 Å². The maximum atomic E-state index is 6.21. The number of aryl methyl sites for hydroxylation is 1. The van der Waals surface area contributed by atoms with E-state index in [1.807, 2.05) is 48.5 Å². The third-order valence-corrected chi connectivity index (χ3v) is 6.93. The Bertz CT molecular complexity index is 1720. The Morgan fingerprint density at radius 3 is 2.76 bits per heavy atom. The predicted molar refractivity (Wildman–Crippen MR) is 143 cm³/mol. The quantitative estimate of drug-likeness (QED) is 0.321. The van der Waals surface area contributed by atoms with Gasteiger partial charge in [-0.25, -0.2) is 4.98 Å². The number of fused-ring (bicyclic) bond motifs is 2. The molecular formula is C28H26N8O. The number of nitrogens with zero attached hydrogens (tertiary/aromatic N) is 5. The van der Waals surface area contributed by atoms with E-state index in [1.165, 1.54) is 0 Å². The Morgan fingerprint density at radius 1 is 0.973 bits per heavy atom. The second-order valence-electron chi connectivity index (χ2n) is 9.51. The van der Waals surface area contributed by atoms with Gasteiger partial charge in [-0.15, -0.1) is 0 Å². The minimum atomic E-state index is 0.215. The zero-order valence-electron chi connectivity index (χ0n) is 20.4. The fraction of sp³-hybridized carbons (Fsp3) is 0.214. The van der Waals surface area contributed by atoms with Crippen molar-refractivity contribution in [3.05, 3.63) is 73.2 Å². The molecule has 184 valence electrons. The van der Waals surface area contributed by atoms with Crippen LogP contribution >= 0.6 is 0 Å². The van der Waals surface area contributed by atoms with Gasteiger partial charge in [-0.2, -0.15) is 5.10 Å². The third-order valence-electron chi connectivity index (χ3n) is 6.93. The van der Waals surface area contributed by atoms with Crippen LogP contribution in [-0.2, 0) is 0 Å². The second-order valence-corrected chi connectivity index (χ2v) is 9.51. The highest BCUT2D eigenvalue weighted by Gasteiger charge is 2.17. The van der Waals surface area contributed by atoms with Crippen molar-refractivity contribution in [2.75, 3.05) is 13.1 Å². The number of hydrogen-bond acceptors (Lipinski definition) is 6. The van der Waals surface area contributed by atoms with Crippen LogP contribution in [0.15, 0.2) is 67.5 Å². The van der Waals surface area contributed by atoms with Crippen molar-refractivity contribution >= 4 is 21.8 Å². The highest BCUT2D eigenvalue weighted by atomic mass is 16.5. The van der Waals surface area contributed by atoms with Crippen LogP contribution in [0, 0.1) is 6.92 Å². The first kappa shape index (κ1) is 21.8. The average Bonchev–Trinajstić information content (AvgIpc) is 3.66. The maximum Gasteiger partial charge on any atom is 0.138 e. The summed E-state index contributed by atoms with van der Waals surface area (Å²) in [5.74, 6) is 0.775. The molecule has 5 aromatic heterocycles. The minimum Gasteiger partial charge on any atom is -0.489 e. The summed E-state index contributed by atoms with van der Waals surface area (Å²) in [6.45, 7) is 3.96. The van der Waals surface area contributed by atoms with Crippen molar-refractivity contribution in [1.29, 1.82) is 0 Å². The van der Waals surface area contributed by atoms with E-state index in [1.54, 1.807) is 6.20 Å². The summed E-state index contributed by atoms with van der Waals surface area (Å²) in [6.07, 6.45) is 11.5. The summed E-state index contributed by atoms with van der Waals surface area (Å²) >= 11 is 0. The molecule has 0 unspecified atom stereocenters. The zero-order chi connectivity index (χ0) is 24.8. The first-order valence-corrected chi connectivity index (χ1v) is 12.5. The molecule has 0 spiro atoms. The number of aromatic nitrogens is 7. The van der Waals surface area contributed by atoms with Crippen LogP contribution in [0.4, 0.5) is 0 Å². The first-order valence-electron chi connectivity index (χ1n) is 12.5. The number of hydrogen-bond donors (Lipinski definition) is 3. The van der Waals surface area contributed by atoms with Crippen LogP contribution in [-0.4, -0.2) is 53.9 Å². The van der Waals surface area contributed by atoms with Gasteiger partial charge in [0.05, 0.1) is 47.0 Å². The summed E-state index contributed by atoms with van der Waals surface area (Å²) in [7, 11) is 0. The molecule has 1 fully saturated rings. The van der Waals surface area contributed by atoms with Gasteiger partial charge in [-0.1, -0.05) is 6.07 Å². The van der Waals surface area contributed by atoms with Crippen molar-refractivity contribution in [2.24, 2.45) is 0 Å². The van der Waals surface area contributed by atoms with Crippen LogP contribution in [0.2, 0.25) is 0 Å². The van der Waals surface area contributed by atoms with E-state index in [4.69, 9.17) is 4.74 Å². The Balaban J connectivity index is 1.26. The van der Waals surface area contributed by atoms with Gasteiger partial charge in [-0.05, 0) is 63.2 Å². The van der Waals surface area contributed by atoms with Gasteiger partial charge in [0.1, 0.15) is 17.5 Å². The van der Waals surface area contributed by atoms with E-state index in [9.17, 15) is 0 Å². The molecule has 0 bridgehead atoms. The number of benzene rings is 1. The molecule has 37 heavy (non-hydrogen) atoms. The van der Waals surface area contributed by atoms with Crippen LogP contribution in [0.5, 0.6) is 5.75 Å². The van der Waals surface area contributed by atoms with E-state index in [0.717, 1.165) is 87.5 Å². The fourth-order valence-corrected chi connectivity index (χ4v) is 5.05. The Hall–Kier alpha value is -4.50. The number of ether oxygens (including phenoxy) is 1. The lowest BCUT2D eigenvalue weighted by Crippen LogP contribution is -2.34. The summed E-state index contributed by atoms with van der Waals surface area (Å²) in [5, 5.41) is 13.2. The molecule has 9 nitrogen and oxygen atoms in total. The lowest BCUT2D eigenvalue weighted by Gasteiger charge is -2.23. The van der Waals surface area contributed by atoms with Gasteiger partial charge < -0.3 is 19.6 Å². The highest BCUT2D eigenvalue weighted by Crippen LogP contribution is 2.33. The van der Waals surface area contributed by atoms with E-state index in [0.29, 0.717) is 0 Å². The van der Waals surface area contributed by atoms with Gasteiger partial charge in [0.2, 0.25) is 0 Å². The number of pyridine rings is 2. The highest BCUT2D eigenvalue weighted by molar-refractivity contribution is 5.98. The Labute approximate surface area is 212 Å². The van der Waals surface area contributed by atoms with Gasteiger partial charge in [-0.3, -0.25) is 15.1 Å². The molecular weight excluding hydrogens is 464 g/mol. The average molecular weight is 491 g/mol. The lowest BCUT2D eigenvalue weighted by molar-refractivity contribution is 0.162. The van der Waals surface area contributed by atoms with E-state index < -0.39 is 0 Å². The van der Waals surface area contributed by atoms with Crippen LogP contribution < -0.4 is 10.1 Å². The molecule has 0 amide bonds. The van der Waals surface area contributed by atoms with Crippen LogP contribution in [0.1, 0.15) is 18.5 Å². The molecule has 0 saturated carbocycles. The van der Waals surface area contributed by atoms with Crippen LogP contribution in [0.25, 0.3) is 50.1 Å². The smallest absolute Gasteiger partial charge is 0.138 e. The summed E-state index contributed by atoms with van der Waals surface area (Å²) < 4.78 is 8.25. The molecule has 0 aliphatic carbocycles. The number of H-pyrrole nitrogens is 2. The number of rotatable bonds is 5. The fourth-order valence-electron chi connectivity index (χ4n) is 5.05. The molecule has 0 atom stereocenters. The number of nitrogens with one attached hydrogen (secondary N) is 3. The molecule has 1 aromatic carbocycles. The largest absolute Gasteiger partial charge is 0.489 e. The SMILES string of the molecule is Cc1cn(-c2cccc3[nH]c(-c4n[nH]c5cnc(-c6cncc(OC7CCNCC7)c6)cc45)cc23)cn1. The topological polar surface area (TPSA) is 109 Å². The monoisotopic (exact) mass is 490 g/mol. The normalized spacial score (nSPS) is 14.5. The summed E-state index contributed by atoms with van der Waals surface area (Å²) in [5.41, 5.74) is 7.47. The molecule has 3 N–H and O–H groups in total. The summed E-state index contributed by atoms with van der Waals surface area (Å²) in [6, 6.07) is 12.4. The van der Waals surface area contributed by atoms with Crippen molar-refractivity contribution < 1.29 is 4.74 Å². The molecule has 9 heteroatoms. The molecule has 1 aliphatic rings. The van der Waals surface area contributed by atoms with E-state index >= 15 is 0 Å². The molecule has 7 rings (SSSR count). The third kappa shape index (κ3) is 4.03. The van der Waals surface area contributed by atoms with Crippen LogP contribution in [0.3, 0.4) is 0 Å².